The number of carbonyl (C=O) groups excluding carboxylic acids is 2. The fraction of sp³-hybridized carbons (Fsp3) is 0.207. The molecule has 1 amide bonds. The Labute approximate surface area is 206 Å². The highest BCUT2D eigenvalue weighted by molar-refractivity contribution is 6.10. The standard InChI is InChI=1S/C29H24FNO5/c1-3-4-15-35-29(34)18-10-12-19(13-11-18)31-25(20-7-5-6-8-22(20)30)24-26(32)21-16-17(2)9-14-23(21)36-27(24)28(31)33/h5-14,16,25H,3-4,15H2,1-2H3. The van der Waals surface area contributed by atoms with E-state index in [2.05, 4.69) is 0 Å². The lowest BCUT2D eigenvalue weighted by atomic mass is 9.97. The van der Waals surface area contributed by atoms with Crippen molar-refractivity contribution in [3.63, 3.8) is 0 Å². The van der Waals surface area contributed by atoms with Crippen LogP contribution in [0.15, 0.2) is 75.9 Å². The van der Waals surface area contributed by atoms with E-state index in [-0.39, 0.29) is 27.9 Å². The van der Waals surface area contributed by atoms with E-state index in [0.717, 1.165) is 18.4 Å². The van der Waals surface area contributed by atoms with Crippen LogP contribution in [0.2, 0.25) is 0 Å². The quantitative estimate of drug-likeness (QED) is 0.249. The van der Waals surface area contributed by atoms with Crippen molar-refractivity contribution in [2.75, 3.05) is 11.5 Å². The van der Waals surface area contributed by atoms with E-state index in [4.69, 9.17) is 9.15 Å². The van der Waals surface area contributed by atoms with Gasteiger partial charge in [0.1, 0.15) is 11.4 Å². The molecular formula is C29H24FNO5. The molecule has 6 nitrogen and oxygen atoms in total. The molecule has 0 N–H and O–H groups in total. The highest BCUT2D eigenvalue weighted by Crippen LogP contribution is 2.42. The number of amides is 1. The van der Waals surface area contributed by atoms with Crippen LogP contribution < -0.4 is 10.3 Å². The number of fused-ring (bicyclic) bond motifs is 2. The monoisotopic (exact) mass is 485 g/mol. The van der Waals surface area contributed by atoms with Gasteiger partial charge < -0.3 is 9.15 Å². The number of aryl methyl sites for hydroxylation is 1. The van der Waals surface area contributed by atoms with Gasteiger partial charge in [-0.25, -0.2) is 9.18 Å². The van der Waals surface area contributed by atoms with E-state index in [9.17, 15) is 14.4 Å². The van der Waals surface area contributed by atoms with Crippen LogP contribution >= 0.6 is 0 Å². The third-order valence-corrected chi connectivity index (χ3v) is 6.34. The van der Waals surface area contributed by atoms with E-state index in [0.29, 0.717) is 23.2 Å². The molecule has 1 atom stereocenters. The molecule has 0 saturated carbocycles. The molecule has 0 bridgehead atoms. The average molecular weight is 486 g/mol. The molecule has 0 aliphatic carbocycles. The van der Waals surface area contributed by atoms with Crippen molar-refractivity contribution in [2.45, 2.75) is 32.7 Å². The Morgan fingerprint density at radius 3 is 2.53 bits per heavy atom. The maximum Gasteiger partial charge on any atom is 0.338 e. The Kier molecular flexibility index (Phi) is 6.14. The second-order valence-electron chi connectivity index (χ2n) is 8.81. The Balaban J connectivity index is 1.64. The first kappa shape index (κ1) is 23.5. The minimum absolute atomic E-state index is 0.0891. The lowest BCUT2D eigenvalue weighted by Gasteiger charge is -2.25. The molecule has 2 heterocycles. The fourth-order valence-electron chi connectivity index (χ4n) is 4.49. The number of unbranched alkanes of at least 4 members (excludes halogenated alkanes) is 1. The molecule has 0 fully saturated rings. The van der Waals surface area contributed by atoms with Crippen LogP contribution in [0.4, 0.5) is 10.1 Å². The van der Waals surface area contributed by atoms with Crippen molar-refractivity contribution in [3.05, 3.63) is 111 Å². The number of carbonyl (C=O) groups is 2. The van der Waals surface area contributed by atoms with Crippen molar-refractivity contribution in [1.29, 1.82) is 0 Å². The van der Waals surface area contributed by atoms with Gasteiger partial charge in [0.15, 0.2) is 5.43 Å². The third-order valence-electron chi connectivity index (χ3n) is 6.34. The van der Waals surface area contributed by atoms with Crippen LogP contribution in [0.3, 0.4) is 0 Å². The predicted molar refractivity (Wildman–Crippen MR) is 134 cm³/mol. The van der Waals surface area contributed by atoms with Crippen LogP contribution in [-0.4, -0.2) is 18.5 Å². The van der Waals surface area contributed by atoms with Gasteiger partial charge in [0.05, 0.1) is 29.2 Å². The van der Waals surface area contributed by atoms with E-state index >= 15 is 4.39 Å². The van der Waals surface area contributed by atoms with Crippen molar-refractivity contribution in [2.24, 2.45) is 0 Å². The summed E-state index contributed by atoms with van der Waals surface area (Å²) >= 11 is 0. The second kappa shape index (κ2) is 9.41. The summed E-state index contributed by atoms with van der Waals surface area (Å²) in [6, 6.07) is 16.4. The van der Waals surface area contributed by atoms with Gasteiger partial charge in [0.25, 0.3) is 5.91 Å². The molecule has 36 heavy (non-hydrogen) atoms. The zero-order chi connectivity index (χ0) is 25.4. The molecule has 7 heteroatoms. The number of halogens is 1. The first-order valence-corrected chi connectivity index (χ1v) is 11.8. The number of hydrogen-bond donors (Lipinski definition) is 0. The van der Waals surface area contributed by atoms with Crippen LogP contribution in [0, 0.1) is 12.7 Å². The maximum atomic E-state index is 15.0. The third kappa shape index (κ3) is 3.96. The molecule has 3 aromatic carbocycles. The van der Waals surface area contributed by atoms with E-state index < -0.39 is 23.7 Å². The Bertz CT molecular complexity index is 1540. The van der Waals surface area contributed by atoms with Gasteiger partial charge in [-0.1, -0.05) is 43.2 Å². The number of nitrogens with zero attached hydrogens (tertiary/aromatic N) is 1. The summed E-state index contributed by atoms with van der Waals surface area (Å²) in [6.45, 7) is 4.18. The highest BCUT2D eigenvalue weighted by Gasteiger charge is 2.44. The predicted octanol–water partition coefficient (Wildman–Crippen LogP) is 5.95. The van der Waals surface area contributed by atoms with E-state index in [1.807, 2.05) is 13.8 Å². The van der Waals surface area contributed by atoms with Gasteiger partial charge in [0, 0.05) is 11.3 Å². The molecule has 1 aliphatic rings. The smallest absolute Gasteiger partial charge is 0.338 e. The number of hydrogen-bond acceptors (Lipinski definition) is 5. The average Bonchev–Trinajstić information content (AvgIpc) is 3.17. The first-order valence-electron chi connectivity index (χ1n) is 11.8. The molecule has 0 radical (unpaired) electrons. The molecule has 0 saturated heterocycles. The van der Waals surface area contributed by atoms with Crippen LogP contribution in [0.1, 0.15) is 63.4 Å². The summed E-state index contributed by atoms with van der Waals surface area (Å²) in [5.41, 5.74) is 1.76. The molecule has 1 unspecified atom stereocenters. The molecule has 0 spiro atoms. The largest absolute Gasteiger partial charge is 0.462 e. The maximum absolute atomic E-state index is 15.0. The number of rotatable bonds is 6. The summed E-state index contributed by atoms with van der Waals surface area (Å²) in [4.78, 5) is 40.9. The minimum Gasteiger partial charge on any atom is -0.462 e. The molecule has 5 rings (SSSR count). The minimum atomic E-state index is -1.03. The molecule has 4 aromatic rings. The van der Waals surface area contributed by atoms with Gasteiger partial charge in [0.2, 0.25) is 5.76 Å². The first-order chi connectivity index (χ1) is 17.4. The number of benzene rings is 3. The van der Waals surface area contributed by atoms with Gasteiger partial charge in [-0.05, 0) is 55.8 Å². The number of esters is 1. The summed E-state index contributed by atoms with van der Waals surface area (Å²) in [5.74, 6) is -1.69. The topological polar surface area (TPSA) is 76.8 Å². The fourth-order valence-corrected chi connectivity index (χ4v) is 4.49. The Morgan fingerprint density at radius 1 is 1.06 bits per heavy atom. The Hall–Kier alpha value is -4.26. The summed E-state index contributed by atoms with van der Waals surface area (Å²) < 4.78 is 26.2. The molecule has 182 valence electrons. The zero-order valence-corrected chi connectivity index (χ0v) is 19.9. The van der Waals surface area contributed by atoms with Gasteiger partial charge in [-0.15, -0.1) is 0 Å². The van der Waals surface area contributed by atoms with Gasteiger partial charge in [-0.2, -0.15) is 0 Å². The lowest BCUT2D eigenvalue weighted by molar-refractivity contribution is 0.0499. The van der Waals surface area contributed by atoms with Crippen molar-refractivity contribution in [3.8, 4) is 0 Å². The summed E-state index contributed by atoms with van der Waals surface area (Å²) in [6.07, 6.45) is 1.67. The summed E-state index contributed by atoms with van der Waals surface area (Å²) in [5, 5.41) is 0.329. The molecular weight excluding hydrogens is 461 g/mol. The SMILES string of the molecule is CCCCOC(=O)c1ccc(N2C(=O)c3oc4ccc(C)cc4c(=O)c3C2c2ccccc2F)cc1. The van der Waals surface area contributed by atoms with Crippen LogP contribution in [0.5, 0.6) is 0 Å². The second-order valence-corrected chi connectivity index (χ2v) is 8.81. The lowest BCUT2D eigenvalue weighted by Crippen LogP contribution is -2.30. The van der Waals surface area contributed by atoms with Crippen molar-refractivity contribution >= 4 is 28.5 Å². The highest BCUT2D eigenvalue weighted by atomic mass is 19.1. The number of anilines is 1. The molecule has 1 aliphatic heterocycles. The van der Waals surface area contributed by atoms with Crippen LogP contribution in [0.25, 0.3) is 11.0 Å². The van der Waals surface area contributed by atoms with Gasteiger partial charge >= 0.3 is 5.97 Å². The van der Waals surface area contributed by atoms with Crippen molar-refractivity contribution in [1.82, 2.24) is 0 Å². The molecule has 1 aromatic heterocycles. The zero-order valence-electron chi connectivity index (χ0n) is 19.9. The van der Waals surface area contributed by atoms with E-state index in [1.54, 1.807) is 60.7 Å². The summed E-state index contributed by atoms with van der Waals surface area (Å²) in [7, 11) is 0. The van der Waals surface area contributed by atoms with Crippen LogP contribution in [-0.2, 0) is 4.74 Å². The Morgan fingerprint density at radius 2 is 1.81 bits per heavy atom. The van der Waals surface area contributed by atoms with Gasteiger partial charge in [-0.3, -0.25) is 14.5 Å². The normalized spacial score (nSPS) is 14.8. The number of ether oxygens (including phenoxy) is 1. The van der Waals surface area contributed by atoms with E-state index in [1.165, 1.54) is 11.0 Å². The van der Waals surface area contributed by atoms with Crippen molar-refractivity contribution < 1.29 is 23.1 Å².